The Hall–Kier alpha value is -1.79. The van der Waals surface area contributed by atoms with E-state index in [1.807, 2.05) is 5.38 Å². The molecule has 3 aromatic rings. The highest BCUT2D eigenvalue weighted by atomic mass is 32.1. The van der Waals surface area contributed by atoms with Crippen molar-refractivity contribution in [2.24, 2.45) is 0 Å². The van der Waals surface area contributed by atoms with Gasteiger partial charge in [0.15, 0.2) is 0 Å². The maximum atomic E-state index is 12.7. The molecule has 0 aliphatic carbocycles. The van der Waals surface area contributed by atoms with Gasteiger partial charge in [-0.3, -0.25) is 4.98 Å². The van der Waals surface area contributed by atoms with Crippen molar-refractivity contribution in [1.29, 1.82) is 0 Å². The number of hydrogen-bond donors (Lipinski definition) is 0. The van der Waals surface area contributed by atoms with Gasteiger partial charge in [0.05, 0.1) is 16.1 Å². The summed E-state index contributed by atoms with van der Waals surface area (Å²) in [7, 11) is 0. The summed E-state index contributed by atoms with van der Waals surface area (Å²) in [6.45, 7) is 0.376. The van der Waals surface area contributed by atoms with E-state index >= 15 is 0 Å². The largest absolute Gasteiger partial charge is 0.487 e. The zero-order valence-electron chi connectivity index (χ0n) is 9.75. The van der Waals surface area contributed by atoms with Crippen molar-refractivity contribution in [2.75, 3.05) is 0 Å². The second-order valence-electron chi connectivity index (χ2n) is 3.75. The summed E-state index contributed by atoms with van der Waals surface area (Å²) >= 11 is 3.12. The van der Waals surface area contributed by atoms with E-state index in [-0.39, 0.29) is 5.82 Å². The molecule has 3 nitrogen and oxygen atoms in total. The zero-order chi connectivity index (χ0) is 13.1. The number of thiazole rings is 2. The molecule has 19 heavy (non-hydrogen) atoms. The lowest BCUT2D eigenvalue weighted by atomic mass is 10.3. The van der Waals surface area contributed by atoms with Gasteiger partial charge in [0, 0.05) is 11.6 Å². The van der Waals surface area contributed by atoms with Gasteiger partial charge < -0.3 is 4.74 Å². The highest BCUT2D eigenvalue weighted by Crippen LogP contribution is 2.27. The molecule has 96 valence electrons. The normalized spacial score (nSPS) is 10.6. The summed E-state index contributed by atoms with van der Waals surface area (Å²) in [4.78, 5) is 9.56. The van der Waals surface area contributed by atoms with Crippen molar-refractivity contribution in [3.05, 3.63) is 52.9 Å². The lowest BCUT2D eigenvalue weighted by molar-refractivity contribution is 0.302. The van der Waals surface area contributed by atoms with Gasteiger partial charge in [-0.25, -0.2) is 9.37 Å². The molecule has 0 amide bonds. The molecule has 2 aromatic heterocycles. The van der Waals surface area contributed by atoms with Gasteiger partial charge in [-0.05, 0) is 24.3 Å². The lowest BCUT2D eigenvalue weighted by Gasteiger charge is -2.03. The predicted molar refractivity (Wildman–Crippen MR) is 74.0 cm³/mol. The molecule has 0 fully saturated rings. The van der Waals surface area contributed by atoms with Crippen LogP contribution in [0.15, 0.2) is 41.4 Å². The highest BCUT2D eigenvalue weighted by Gasteiger charge is 2.06. The third-order valence-corrected chi connectivity index (χ3v) is 4.23. The first-order chi connectivity index (χ1) is 9.31. The monoisotopic (exact) mass is 292 g/mol. The first-order valence-corrected chi connectivity index (χ1v) is 7.29. The van der Waals surface area contributed by atoms with Crippen molar-refractivity contribution in [3.8, 4) is 15.6 Å². The Kier molecular flexibility index (Phi) is 3.52. The molecular weight excluding hydrogens is 283 g/mol. The van der Waals surface area contributed by atoms with Crippen LogP contribution in [-0.2, 0) is 6.61 Å². The Balaban J connectivity index is 1.66. The topological polar surface area (TPSA) is 35.0 Å². The van der Waals surface area contributed by atoms with Crippen LogP contribution in [0.2, 0.25) is 0 Å². The Morgan fingerprint density at radius 1 is 1.16 bits per heavy atom. The van der Waals surface area contributed by atoms with Crippen molar-refractivity contribution in [3.63, 3.8) is 0 Å². The Labute approximate surface area is 117 Å². The standard InChI is InChI=1S/C13H9FN2OS2/c14-9-1-3-11(4-2-9)17-6-10-7-18-13(16-10)12-5-15-8-19-12/h1-5,7-8H,6H2. The number of ether oxygens (including phenoxy) is 1. The molecule has 0 aliphatic heterocycles. The minimum Gasteiger partial charge on any atom is -0.487 e. The molecule has 3 rings (SSSR count). The van der Waals surface area contributed by atoms with E-state index in [9.17, 15) is 4.39 Å². The fraction of sp³-hybridized carbons (Fsp3) is 0.0769. The first kappa shape index (κ1) is 12.3. The summed E-state index contributed by atoms with van der Waals surface area (Å²) in [6, 6.07) is 5.95. The quantitative estimate of drug-likeness (QED) is 0.729. The number of benzene rings is 1. The van der Waals surface area contributed by atoms with E-state index in [0.29, 0.717) is 12.4 Å². The van der Waals surface area contributed by atoms with Crippen LogP contribution >= 0.6 is 22.7 Å². The molecule has 0 saturated heterocycles. The number of aromatic nitrogens is 2. The molecule has 2 heterocycles. The molecule has 0 N–H and O–H groups in total. The summed E-state index contributed by atoms with van der Waals surface area (Å²) in [5, 5.41) is 2.90. The maximum absolute atomic E-state index is 12.7. The Morgan fingerprint density at radius 3 is 2.74 bits per heavy atom. The predicted octanol–water partition coefficient (Wildman–Crippen LogP) is 3.98. The maximum Gasteiger partial charge on any atom is 0.135 e. The van der Waals surface area contributed by atoms with Crippen LogP contribution in [0.1, 0.15) is 5.69 Å². The summed E-state index contributed by atoms with van der Waals surface area (Å²) in [5.74, 6) is 0.363. The van der Waals surface area contributed by atoms with Crippen LogP contribution in [0.25, 0.3) is 9.88 Å². The molecule has 0 unspecified atom stereocenters. The van der Waals surface area contributed by atoms with E-state index in [1.54, 1.807) is 46.5 Å². The molecule has 1 aromatic carbocycles. The van der Waals surface area contributed by atoms with E-state index < -0.39 is 0 Å². The Morgan fingerprint density at radius 2 is 2.00 bits per heavy atom. The second-order valence-corrected chi connectivity index (χ2v) is 5.50. The minimum absolute atomic E-state index is 0.270. The third-order valence-electron chi connectivity index (χ3n) is 2.40. The zero-order valence-corrected chi connectivity index (χ0v) is 11.4. The van der Waals surface area contributed by atoms with Crippen LogP contribution < -0.4 is 4.74 Å². The van der Waals surface area contributed by atoms with Crippen molar-refractivity contribution in [2.45, 2.75) is 6.61 Å². The van der Waals surface area contributed by atoms with Gasteiger partial charge in [-0.15, -0.1) is 22.7 Å². The van der Waals surface area contributed by atoms with E-state index in [1.165, 1.54) is 12.1 Å². The van der Waals surface area contributed by atoms with Crippen LogP contribution in [-0.4, -0.2) is 9.97 Å². The molecule has 0 saturated carbocycles. The molecule has 0 atom stereocenters. The number of nitrogens with zero attached hydrogens (tertiary/aromatic N) is 2. The molecule has 0 spiro atoms. The van der Waals surface area contributed by atoms with Crippen molar-refractivity contribution < 1.29 is 9.13 Å². The molecule has 0 bridgehead atoms. The fourth-order valence-corrected chi connectivity index (χ4v) is 3.00. The average Bonchev–Trinajstić information content (AvgIpc) is 3.09. The minimum atomic E-state index is -0.270. The fourth-order valence-electron chi connectivity index (χ4n) is 1.50. The number of rotatable bonds is 4. The van der Waals surface area contributed by atoms with Gasteiger partial charge >= 0.3 is 0 Å². The summed E-state index contributed by atoms with van der Waals surface area (Å²) in [5.41, 5.74) is 2.64. The lowest BCUT2D eigenvalue weighted by Crippen LogP contribution is -1.95. The smallest absolute Gasteiger partial charge is 0.135 e. The highest BCUT2D eigenvalue weighted by molar-refractivity contribution is 7.19. The van der Waals surface area contributed by atoms with Crippen LogP contribution in [0.4, 0.5) is 4.39 Å². The third kappa shape index (κ3) is 2.97. The van der Waals surface area contributed by atoms with Gasteiger partial charge in [0.25, 0.3) is 0 Å². The summed E-state index contributed by atoms with van der Waals surface area (Å²) in [6.07, 6.45) is 1.80. The molecule has 6 heteroatoms. The van der Waals surface area contributed by atoms with Gasteiger partial charge in [0.2, 0.25) is 0 Å². The average molecular weight is 292 g/mol. The summed E-state index contributed by atoms with van der Waals surface area (Å²) < 4.78 is 18.3. The number of halogens is 1. The Bertz CT molecular complexity index is 650. The molecular formula is C13H9FN2OS2. The van der Waals surface area contributed by atoms with Crippen LogP contribution in [0.5, 0.6) is 5.75 Å². The van der Waals surface area contributed by atoms with E-state index in [2.05, 4.69) is 9.97 Å². The van der Waals surface area contributed by atoms with Crippen molar-refractivity contribution in [1.82, 2.24) is 9.97 Å². The van der Waals surface area contributed by atoms with Crippen molar-refractivity contribution >= 4 is 22.7 Å². The SMILES string of the molecule is Fc1ccc(OCc2csc(-c3cncs3)n2)cc1. The van der Waals surface area contributed by atoms with Crippen LogP contribution in [0, 0.1) is 5.82 Å². The number of hydrogen-bond acceptors (Lipinski definition) is 5. The molecule has 0 aliphatic rings. The van der Waals surface area contributed by atoms with E-state index in [0.717, 1.165) is 15.6 Å². The first-order valence-electron chi connectivity index (χ1n) is 5.53. The molecule has 0 radical (unpaired) electrons. The van der Waals surface area contributed by atoms with E-state index in [4.69, 9.17) is 4.74 Å². The van der Waals surface area contributed by atoms with Gasteiger partial charge in [-0.2, -0.15) is 0 Å². The van der Waals surface area contributed by atoms with Gasteiger partial charge in [-0.1, -0.05) is 0 Å². The second kappa shape index (κ2) is 5.46. The van der Waals surface area contributed by atoms with Crippen LogP contribution in [0.3, 0.4) is 0 Å². The van der Waals surface area contributed by atoms with Gasteiger partial charge in [0.1, 0.15) is 23.2 Å².